The van der Waals surface area contributed by atoms with E-state index in [4.69, 9.17) is 0 Å². The molecule has 0 bridgehead atoms. The number of carbonyl (C=O) groups is 3. The summed E-state index contributed by atoms with van der Waals surface area (Å²) in [4.78, 5) is 35.3. The molecule has 25 heavy (non-hydrogen) atoms. The van der Waals surface area contributed by atoms with Crippen LogP contribution in [0.5, 0.6) is 0 Å². The summed E-state index contributed by atoms with van der Waals surface area (Å²) in [6.07, 6.45) is 2.75. The monoisotopic (exact) mass is 383 g/mol. The van der Waals surface area contributed by atoms with Crippen LogP contribution in [0.25, 0.3) is 0 Å². The topological polar surface area (TPSA) is 83.5 Å². The molecule has 1 aromatic carbocycles. The number of rotatable bonds is 10. The first-order valence-electron chi connectivity index (χ1n) is 8.05. The maximum absolute atomic E-state index is 12.6. The minimum atomic E-state index is -1.03. The summed E-state index contributed by atoms with van der Waals surface area (Å²) in [5.74, 6) is -0.806. The summed E-state index contributed by atoms with van der Waals surface area (Å²) in [5.41, 5.74) is 2.10. The lowest BCUT2D eigenvalue weighted by Crippen LogP contribution is -2.45. The summed E-state index contributed by atoms with van der Waals surface area (Å²) in [5, 5.41) is 11.9. The number of thioether (sulfide) groups is 2. The first kappa shape index (κ1) is 21.6. The van der Waals surface area contributed by atoms with Crippen LogP contribution in [0.4, 0.5) is 0 Å². The van der Waals surface area contributed by atoms with E-state index in [1.54, 1.807) is 0 Å². The molecule has 0 saturated heterocycles. The number of carboxylic acids is 1. The van der Waals surface area contributed by atoms with Crippen LogP contribution in [-0.2, 0) is 20.8 Å². The van der Waals surface area contributed by atoms with E-state index in [9.17, 15) is 19.5 Å². The van der Waals surface area contributed by atoms with E-state index in [0.717, 1.165) is 22.9 Å². The van der Waals surface area contributed by atoms with Crippen LogP contribution in [0.15, 0.2) is 24.3 Å². The highest BCUT2D eigenvalue weighted by molar-refractivity contribution is 8.13. The van der Waals surface area contributed by atoms with Crippen molar-refractivity contribution < 1.29 is 19.5 Å². The van der Waals surface area contributed by atoms with Gasteiger partial charge in [0.1, 0.15) is 6.04 Å². The number of hydrogen-bond donors (Lipinski definition) is 2. The van der Waals surface area contributed by atoms with Crippen molar-refractivity contribution in [3.63, 3.8) is 0 Å². The SMILES string of the molecule is CSCC[C@H](NC(=O)[C@@H](CSC(C)=O)Cc1ccccc1C)C(=O)O. The molecule has 0 heterocycles. The first-order chi connectivity index (χ1) is 11.8. The van der Waals surface area contributed by atoms with Crippen molar-refractivity contribution in [2.24, 2.45) is 5.92 Å². The lowest BCUT2D eigenvalue weighted by atomic mass is 9.96. The van der Waals surface area contributed by atoms with Gasteiger partial charge < -0.3 is 10.4 Å². The van der Waals surface area contributed by atoms with E-state index < -0.39 is 17.9 Å². The van der Waals surface area contributed by atoms with Crippen LogP contribution in [-0.4, -0.2) is 45.9 Å². The number of aryl methyl sites for hydroxylation is 1. The van der Waals surface area contributed by atoms with Crippen molar-refractivity contribution in [3.05, 3.63) is 35.4 Å². The van der Waals surface area contributed by atoms with E-state index in [1.807, 2.05) is 37.4 Å². The maximum Gasteiger partial charge on any atom is 0.326 e. The van der Waals surface area contributed by atoms with Gasteiger partial charge in [-0.2, -0.15) is 11.8 Å². The number of benzene rings is 1. The Balaban J connectivity index is 2.85. The summed E-state index contributed by atoms with van der Waals surface area (Å²) in [6, 6.07) is 6.87. The molecular formula is C18H25NO4S2. The fraction of sp³-hybridized carbons (Fsp3) is 0.500. The highest BCUT2D eigenvalue weighted by atomic mass is 32.2. The van der Waals surface area contributed by atoms with Gasteiger partial charge in [0.25, 0.3) is 0 Å². The van der Waals surface area contributed by atoms with Crippen molar-refractivity contribution >= 4 is 40.5 Å². The van der Waals surface area contributed by atoms with E-state index in [1.165, 1.54) is 18.7 Å². The second-order valence-corrected chi connectivity index (χ2v) is 7.99. The van der Waals surface area contributed by atoms with Crippen molar-refractivity contribution in [1.82, 2.24) is 5.32 Å². The van der Waals surface area contributed by atoms with Gasteiger partial charge in [-0.3, -0.25) is 9.59 Å². The Morgan fingerprint density at radius 1 is 1.24 bits per heavy atom. The molecule has 2 N–H and O–H groups in total. The predicted octanol–water partition coefficient (Wildman–Crippen LogP) is 2.76. The molecule has 138 valence electrons. The van der Waals surface area contributed by atoms with Crippen LogP contribution >= 0.6 is 23.5 Å². The molecule has 0 fully saturated rings. The average Bonchev–Trinajstić information content (AvgIpc) is 2.56. The Hall–Kier alpha value is -1.47. The Labute approximate surface area is 157 Å². The molecule has 0 radical (unpaired) electrons. The highest BCUT2D eigenvalue weighted by Crippen LogP contribution is 2.19. The molecule has 0 spiro atoms. The number of hydrogen-bond acceptors (Lipinski definition) is 5. The molecule has 1 aromatic rings. The number of amides is 1. The van der Waals surface area contributed by atoms with Crippen LogP contribution in [0.1, 0.15) is 24.5 Å². The molecule has 5 nitrogen and oxygen atoms in total. The smallest absolute Gasteiger partial charge is 0.326 e. The predicted molar refractivity (Wildman–Crippen MR) is 104 cm³/mol. The van der Waals surface area contributed by atoms with E-state index in [0.29, 0.717) is 24.3 Å². The molecule has 0 aromatic heterocycles. The standard InChI is InChI=1S/C18H25NO4S2/c1-12-6-4-5-7-14(12)10-15(11-25-13(2)20)17(21)19-16(18(22)23)8-9-24-3/h4-7,15-16H,8-11H2,1-3H3,(H,19,21)(H,22,23)/t15-,16+/m1/s1. The van der Waals surface area contributed by atoms with Crippen LogP contribution in [0.2, 0.25) is 0 Å². The van der Waals surface area contributed by atoms with Gasteiger partial charge in [0, 0.05) is 12.7 Å². The molecule has 2 atom stereocenters. The Morgan fingerprint density at radius 3 is 2.48 bits per heavy atom. The minimum absolute atomic E-state index is 0.0558. The molecule has 0 unspecified atom stereocenters. The molecule has 1 amide bonds. The van der Waals surface area contributed by atoms with E-state index in [-0.39, 0.29) is 11.0 Å². The summed E-state index contributed by atoms with van der Waals surface area (Å²) in [7, 11) is 0. The molecule has 7 heteroatoms. The summed E-state index contributed by atoms with van der Waals surface area (Å²) < 4.78 is 0. The molecule has 0 saturated carbocycles. The number of carbonyl (C=O) groups excluding carboxylic acids is 2. The van der Waals surface area contributed by atoms with Gasteiger partial charge in [-0.15, -0.1) is 0 Å². The molecular weight excluding hydrogens is 358 g/mol. The van der Waals surface area contributed by atoms with Gasteiger partial charge in [-0.05, 0) is 42.9 Å². The number of carboxylic acid groups (broad SMARTS) is 1. The van der Waals surface area contributed by atoms with E-state index >= 15 is 0 Å². The number of nitrogens with one attached hydrogen (secondary N) is 1. The third-order valence-corrected chi connectivity index (χ3v) is 5.43. The maximum atomic E-state index is 12.6. The van der Waals surface area contributed by atoms with E-state index in [2.05, 4.69) is 5.32 Å². The Kier molecular flexibility index (Phi) is 9.67. The fourth-order valence-electron chi connectivity index (χ4n) is 2.33. The molecule has 0 aliphatic heterocycles. The van der Waals surface area contributed by atoms with Crippen LogP contribution in [0, 0.1) is 12.8 Å². The van der Waals surface area contributed by atoms with Crippen molar-refractivity contribution in [2.45, 2.75) is 32.7 Å². The largest absolute Gasteiger partial charge is 0.480 e. The normalized spacial score (nSPS) is 13.1. The van der Waals surface area contributed by atoms with Gasteiger partial charge in [0.05, 0.1) is 5.92 Å². The molecule has 0 aliphatic rings. The van der Waals surface area contributed by atoms with Crippen LogP contribution in [0.3, 0.4) is 0 Å². The van der Waals surface area contributed by atoms with Gasteiger partial charge >= 0.3 is 5.97 Å². The zero-order chi connectivity index (χ0) is 18.8. The lowest BCUT2D eigenvalue weighted by Gasteiger charge is -2.20. The lowest BCUT2D eigenvalue weighted by molar-refractivity contribution is -0.142. The van der Waals surface area contributed by atoms with Gasteiger partial charge in [0.2, 0.25) is 5.91 Å². The fourth-order valence-corrected chi connectivity index (χ4v) is 3.51. The molecule has 0 aliphatic carbocycles. The third-order valence-electron chi connectivity index (χ3n) is 3.81. The second kappa shape index (κ2) is 11.2. The second-order valence-electron chi connectivity index (χ2n) is 5.81. The quantitative estimate of drug-likeness (QED) is 0.646. The first-order valence-corrected chi connectivity index (χ1v) is 10.4. The zero-order valence-corrected chi connectivity index (χ0v) is 16.4. The van der Waals surface area contributed by atoms with Gasteiger partial charge in [-0.25, -0.2) is 4.79 Å². The summed E-state index contributed by atoms with van der Waals surface area (Å²) in [6.45, 7) is 3.44. The van der Waals surface area contributed by atoms with Crippen molar-refractivity contribution in [2.75, 3.05) is 17.8 Å². The number of aliphatic carboxylic acids is 1. The Bertz CT molecular complexity index is 606. The highest BCUT2D eigenvalue weighted by Gasteiger charge is 2.26. The van der Waals surface area contributed by atoms with Gasteiger partial charge in [-0.1, -0.05) is 36.0 Å². The summed E-state index contributed by atoms with van der Waals surface area (Å²) >= 11 is 2.63. The Morgan fingerprint density at radius 2 is 1.92 bits per heavy atom. The molecule has 1 rings (SSSR count). The third kappa shape index (κ3) is 7.96. The van der Waals surface area contributed by atoms with Crippen LogP contribution < -0.4 is 5.32 Å². The zero-order valence-electron chi connectivity index (χ0n) is 14.8. The van der Waals surface area contributed by atoms with Crippen molar-refractivity contribution in [1.29, 1.82) is 0 Å². The minimum Gasteiger partial charge on any atom is -0.480 e. The van der Waals surface area contributed by atoms with Gasteiger partial charge in [0.15, 0.2) is 5.12 Å². The average molecular weight is 384 g/mol. The van der Waals surface area contributed by atoms with Crippen molar-refractivity contribution in [3.8, 4) is 0 Å².